The minimum atomic E-state index is -1.11. The number of carboxylic acids is 1. The molecule has 0 saturated carbocycles. The number of furan rings is 1. The summed E-state index contributed by atoms with van der Waals surface area (Å²) < 4.78 is 5.38. The Balaban J connectivity index is 2.28. The highest BCUT2D eigenvalue weighted by atomic mass is 32.2. The molecule has 0 unspecified atom stereocenters. The van der Waals surface area contributed by atoms with Gasteiger partial charge in [0.15, 0.2) is 0 Å². The first-order valence-corrected chi connectivity index (χ1v) is 6.48. The molecule has 0 aliphatic rings. The Hall–Kier alpha value is -2.02. The molecule has 7 heteroatoms. The van der Waals surface area contributed by atoms with E-state index >= 15 is 0 Å². The molecule has 6 nitrogen and oxygen atoms in total. The third-order valence-electron chi connectivity index (χ3n) is 2.45. The summed E-state index contributed by atoms with van der Waals surface area (Å²) >= 11 is 1.16. The fraction of sp³-hybridized carbons (Fsp3) is 0.250. The molecular weight excluding hydrogens is 268 g/mol. The van der Waals surface area contributed by atoms with Gasteiger partial charge in [-0.1, -0.05) is 11.8 Å². The number of hydrogen-bond acceptors (Lipinski definition) is 5. The van der Waals surface area contributed by atoms with E-state index in [1.807, 2.05) is 19.1 Å². The van der Waals surface area contributed by atoms with E-state index < -0.39 is 11.7 Å². The van der Waals surface area contributed by atoms with E-state index in [0.29, 0.717) is 17.2 Å². The van der Waals surface area contributed by atoms with Crippen molar-refractivity contribution >= 4 is 17.7 Å². The number of aromatic nitrogens is 2. The molecule has 0 saturated heterocycles. The molecule has 0 bridgehead atoms. The van der Waals surface area contributed by atoms with E-state index in [1.54, 1.807) is 0 Å². The SMILES string of the molecule is Cc1ccc(CSc2nc(=O)[nH]c(C)c2C(=O)O)o1. The van der Waals surface area contributed by atoms with Gasteiger partial charge in [0.1, 0.15) is 22.1 Å². The molecule has 2 rings (SSSR count). The molecule has 0 fully saturated rings. The number of carbonyl (C=O) groups is 1. The average Bonchev–Trinajstić information content (AvgIpc) is 2.71. The number of thioether (sulfide) groups is 1. The molecule has 2 N–H and O–H groups in total. The standard InChI is InChI=1S/C12H12N2O4S/c1-6-3-4-8(18-6)5-19-10-9(11(15)16)7(2)13-12(17)14-10/h3-4H,5H2,1-2H3,(H,15,16)(H,13,14,17). The molecule has 2 aromatic heterocycles. The summed E-state index contributed by atoms with van der Waals surface area (Å²) in [6.45, 7) is 3.36. The summed E-state index contributed by atoms with van der Waals surface area (Å²) in [5.41, 5.74) is -0.237. The number of rotatable bonds is 4. The highest BCUT2D eigenvalue weighted by Gasteiger charge is 2.17. The smallest absolute Gasteiger partial charge is 0.346 e. The summed E-state index contributed by atoms with van der Waals surface area (Å²) in [5.74, 6) is 0.798. The highest BCUT2D eigenvalue weighted by molar-refractivity contribution is 7.98. The maximum atomic E-state index is 11.3. The lowest BCUT2D eigenvalue weighted by molar-refractivity contribution is 0.0690. The van der Waals surface area contributed by atoms with E-state index in [4.69, 9.17) is 9.52 Å². The van der Waals surface area contributed by atoms with E-state index in [-0.39, 0.29) is 10.6 Å². The number of hydrogen-bond donors (Lipinski definition) is 2. The van der Waals surface area contributed by atoms with Gasteiger partial charge in [0.25, 0.3) is 0 Å². The van der Waals surface area contributed by atoms with E-state index in [0.717, 1.165) is 17.5 Å². The van der Waals surface area contributed by atoms with Crippen LogP contribution in [-0.2, 0) is 5.75 Å². The fourth-order valence-corrected chi connectivity index (χ4v) is 2.58. The van der Waals surface area contributed by atoms with Crippen LogP contribution in [0.25, 0.3) is 0 Å². The third kappa shape index (κ3) is 3.05. The van der Waals surface area contributed by atoms with Crippen LogP contribution < -0.4 is 5.69 Å². The van der Waals surface area contributed by atoms with Crippen LogP contribution in [0, 0.1) is 13.8 Å². The predicted molar refractivity (Wildman–Crippen MR) is 69.6 cm³/mol. The van der Waals surface area contributed by atoms with Crippen molar-refractivity contribution in [3.63, 3.8) is 0 Å². The second-order valence-electron chi connectivity index (χ2n) is 3.95. The lowest BCUT2D eigenvalue weighted by atomic mass is 10.2. The third-order valence-corrected chi connectivity index (χ3v) is 3.45. The maximum Gasteiger partial charge on any atom is 0.346 e. The quantitative estimate of drug-likeness (QED) is 0.656. The van der Waals surface area contributed by atoms with Crippen LogP contribution in [0.2, 0.25) is 0 Å². The molecular formula is C12H12N2O4S. The van der Waals surface area contributed by atoms with Gasteiger partial charge in [-0.15, -0.1) is 0 Å². The Morgan fingerprint density at radius 1 is 1.47 bits per heavy atom. The van der Waals surface area contributed by atoms with Crippen LogP contribution in [0.5, 0.6) is 0 Å². The molecule has 0 aliphatic heterocycles. The zero-order valence-corrected chi connectivity index (χ0v) is 11.2. The van der Waals surface area contributed by atoms with Crippen LogP contribution >= 0.6 is 11.8 Å². The predicted octanol–water partition coefficient (Wildman–Crippen LogP) is 1.97. The number of aromatic carboxylic acids is 1. The minimum absolute atomic E-state index is 0.0212. The summed E-state index contributed by atoms with van der Waals surface area (Å²) in [4.78, 5) is 28.6. The highest BCUT2D eigenvalue weighted by Crippen LogP contribution is 2.25. The van der Waals surface area contributed by atoms with Crippen molar-refractivity contribution in [3.05, 3.63) is 45.4 Å². The van der Waals surface area contributed by atoms with Gasteiger partial charge in [0.05, 0.1) is 5.75 Å². The minimum Gasteiger partial charge on any atom is -0.478 e. The van der Waals surface area contributed by atoms with Crippen LogP contribution in [0.15, 0.2) is 26.4 Å². The van der Waals surface area contributed by atoms with Crippen molar-refractivity contribution in [2.24, 2.45) is 0 Å². The molecule has 100 valence electrons. The topological polar surface area (TPSA) is 96.2 Å². The van der Waals surface area contributed by atoms with Crippen LogP contribution in [0.1, 0.15) is 27.6 Å². The lowest BCUT2D eigenvalue weighted by Crippen LogP contribution is -2.18. The Labute approximate surface area is 112 Å². The molecule has 0 radical (unpaired) electrons. The van der Waals surface area contributed by atoms with Gasteiger partial charge < -0.3 is 14.5 Å². The molecule has 0 spiro atoms. The van der Waals surface area contributed by atoms with E-state index in [1.165, 1.54) is 6.92 Å². The molecule has 2 heterocycles. The zero-order valence-electron chi connectivity index (χ0n) is 10.4. The first kappa shape index (κ1) is 13.4. The Bertz CT molecular complexity index is 675. The summed E-state index contributed by atoms with van der Waals surface area (Å²) in [5, 5.41) is 9.34. The first-order valence-electron chi connectivity index (χ1n) is 5.49. The van der Waals surface area contributed by atoms with Crippen molar-refractivity contribution in [2.45, 2.75) is 24.6 Å². The Morgan fingerprint density at radius 2 is 2.21 bits per heavy atom. The average molecular weight is 280 g/mol. The second kappa shape index (κ2) is 5.31. The van der Waals surface area contributed by atoms with Gasteiger partial charge >= 0.3 is 11.7 Å². The molecule has 0 aromatic carbocycles. The van der Waals surface area contributed by atoms with Gasteiger partial charge in [-0.3, -0.25) is 0 Å². The fourth-order valence-electron chi connectivity index (χ4n) is 1.62. The molecule has 19 heavy (non-hydrogen) atoms. The van der Waals surface area contributed by atoms with Crippen LogP contribution in [0.4, 0.5) is 0 Å². The van der Waals surface area contributed by atoms with Gasteiger partial charge in [0.2, 0.25) is 0 Å². The Morgan fingerprint density at radius 3 is 2.79 bits per heavy atom. The van der Waals surface area contributed by atoms with Crippen molar-refractivity contribution in [1.29, 1.82) is 0 Å². The summed E-state index contributed by atoms with van der Waals surface area (Å²) in [6.07, 6.45) is 0. The van der Waals surface area contributed by atoms with Crippen molar-refractivity contribution in [3.8, 4) is 0 Å². The number of nitrogens with zero attached hydrogens (tertiary/aromatic N) is 1. The van der Waals surface area contributed by atoms with Gasteiger partial charge in [-0.25, -0.2) is 9.59 Å². The largest absolute Gasteiger partial charge is 0.478 e. The number of aromatic amines is 1. The van der Waals surface area contributed by atoms with Crippen LogP contribution in [-0.4, -0.2) is 21.0 Å². The molecule has 0 atom stereocenters. The summed E-state index contributed by atoms with van der Waals surface area (Å²) in [7, 11) is 0. The van der Waals surface area contributed by atoms with Crippen LogP contribution in [0.3, 0.4) is 0 Å². The lowest BCUT2D eigenvalue weighted by Gasteiger charge is -2.05. The van der Waals surface area contributed by atoms with Gasteiger partial charge in [-0.05, 0) is 26.0 Å². The zero-order chi connectivity index (χ0) is 14.0. The number of H-pyrrole nitrogens is 1. The second-order valence-corrected chi connectivity index (χ2v) is 4.92. The van der Waals surface area contributed by atoms with Crippen molar-refractivity contribution in [2.75, 3.05) is 0 Å². The normalized spacial score (nSPS) is 10.6. The van der Waals surface area contributed by atoms with Crippen molar-refractivity contribution in [1.82, 2.24) is 9.97 Å². The number of aryl methyl sites for hydroxylation is 2. The van der Waals surface area contributed by atoms with Crippen molar-refractivity contribution < 1.29 is 14.3 Å². The van der Waals surface area contributed by atoms with Gasteiger partial charge in [0, 0.05) is 5.69 Å². The molecule has 2 aromatic rings. The number of carboxylic acid groups (broad SMARTS) is 1. The Kier molecular flexibility index (Phi) is 3.75. The number of nitrogens with one attached hydrogen (secondary N) is 1. The summed E-state index contributed by atoms with van der Waals surface area (Å²) in [6, 6.07) is 3.63. The maximum absolute atomic E-state index is 11.3. The molecule has 0 amide bonds. The van der Waals surface area contributed by atoms with Gasteiger partial charge in [-0.2, -0.15) is 4.98 Å². The van der Waals surface area contributed by atoms with E-state index in [2.05, 4.69) is 9.97 Å². The van der Waals surface area contributed by atoms with E-state index in [9.17, 15) is 9.59 Å². The first-order chi connectivity index (χ1) is 8.97. The monoisotopic (exact) mass is 280 g/mol. The molecule has 0 aliphatic carbocycles.